The van der Waals surface area contributed by atoms with Gasteiger partial charge in [-0.15, -0.1) is 0 Å². The highest BCUT2D eigenvalue weighted by Gasteiger charge is 2.12. The summed E-state index contributed by atoms with van der Waals surface area (Å²) in [5, 5.41) is 13.9. The highest BCUT2D eigenvalue weighted by atomic mass is 35.5. The fourth-order valence-corrected chi connectivity index (χ4v) is 1.17. The average molecular weight is 231 g/mol. The molecule has 15 heavy (non-hydrogen) atoms. The third-order valence-electron chi connectivity index (χ3n) is 1.52. The highest BCUT2D eigenvalue weighted by Crippen LogP contribution is 2.27. The molecule has 1 rings (SSSR count). The number of anilines is 1. The van der Waals surface area contributed by atoms with Crippen LogP contribution in [-0.4, -0.2) is 11.5 Å². The molecule has 0 atom stereocenters. The largest absolute Gasteiger partial charge is 0.380 e. The molecule has 0 heterocycles. The van der Waals surface area contributed by atoms with Gasteiger partial charge in [0.05, 0.1) is 4.92 Å². The average Bonchev–Trinajstić information content (AvgIpc) is 2.21. The molecule has 0 aliphatic rings. The predicted molar refractivity (Wildman–Crippen MR) is 63.6 cm³/mol. The minimum absolute atomic E-state index is 0.0475. The maximum Gasteiger partial charge on any atom is 0.292 e. The van der Waals surface area contributed by atoms with Crippen LogP contribution in [-0.2, 0) is 0 Å². The van der Waals surface area contributed by atoms with E-state index >= 15 is 0 Å². The summed E-state index contributed by atoms with van der Waals surface area (Å²) in [7, 11) is 0. The van der Waals surface area contributed by atoms with Crippen LogP contribution in [0.25, 0.3) is 0 Å². The van der Waals surface area contributed by atoms with Gasteiger partial charge in [-0.05, 0) is 19.1 Å². The van der Waals surface area contributed by atoms with Crippen LogP contribution in [0.15, 0.2) is 18.2 Å². The van der Waals surface area contributed by atoms with E-state index in [2.05, 4.69) is 5.32 Å². The summed E-state index contributed by atoms with van der Waals surface area (Å²) in [6.07, 6.45) is 0. The van der Waals surface area contributed by atoms with Crippen molar-refractivity contribution >= 4 is 23.0 Å². The molecule has 5 heteroatoms. The van der Waals surface area contributed by atoms with Gasteiger partial charge in [0.2, 0.25) is 0 Å². The Labute approximate surface area is 94.4 Å². The van der Waals surface area contributed by atoms with Crippen molar-refractivity contribution in [3.8, 4) is 0 Å². The van der Waals surface area contributed by atoms with Gasteiger partial charge in [0.1, 0.15) is 5.69 Å². The Morgan fingerprint density at radius 1 is 1.47 bits per heavy atom. The van der Waals surface area contributed by atoms with Crippen molar-refractivity contribution in [3.63, 3.8) is 0 Å². The lowest BCUT2D eigenvalue weighted by atomic mass is 10.2. The Bertz CT molecular complexity index is 329. The summed E-state index contributed by atoms with van der Waals surface area (Å²) in [5.74, 6) is 0. The summed E-state index contributed by atoms with van der Waals surface area (Å²) in [5.41, 5.74) is 0.506. The molecule has 0 saturated carbocycles. The van der Waals surface area contributed by atoms with Crippen molar-refractivity contribution in [1.29, 1.82) is 0 Å². The monoisotopic (exact) mass is 230 g/mol. The number of rotatable bonds is 3. The van der Waals surface area contributed by atoms with Crippen molar-refractivity contribution in [3.05, 3.63) is 33.3 Å². The molecule has 0 amide bonds. The lowest BCUT2D eigenvalue weighted by Gasteiger charge is -2.03. The minimum atomic E-state index is -0.436. The van der Waals surface area contributed by atoms with E-state index in [1.165, 1.54) is 12.1 Å². The van der Waals surface area contributed by atoms with E-state index in [1.54, 1.807) is 6.07 Å². The molecule has 0 bridgehead atoms. The molecule has 0 aliphatic carbocycles. The van der Waals surface area contributed by atoms with E-state index in [-0.39, 0.29) is 5.69 Å². The maximum atomic E-state index is 10.5. The Kier molecular flexibility index (Phi) is 6.45. The van der Waals surface area contributed by atoms with E-state index in [0.717, 1.165) is 0 Å². The first-order chi connectivity index (χ1) is 7.15. The second-order valence-corrected chi connectivity index (χ2v) is 2.89. The number of nitro groups is 1. The fraction of sp³-hybridized carbons (Fsp3) is 0.400. The van der Waals surface area contributed by atoms with Crippen LogP contribution in [0.1, 0.15) is 20.8 Å². The van der Waals surface area contributed by atoms with Gasteiger partial charge in [-0.3, -0.25) is 10.1 Å². The summed E-state index contributed by atoms with van der Waals surface area (Å²) in [4.78, 5) is 10.1. The number of nitrogens with zero attached hydrogens (tertiary/aromatic N) is 1. The fourth-order valence-electron chi connectivity index (χ4n) is 1.000. The predicted octanol–water partition coefficient (Wildman–Crippen LogP) is 3.71. The first kappa shape index (κ1) is 13.7. The van der Waals surface area contributed by atoms with Crippen LogP contribution in [0.3, 0.4) is 0 Å². The van der Waals surface area contributed by atoms with E-state index in [1.807, 2.05) is 20.8 Å². The van der Waals surface area contributed by atoms with Crippen LogP contribution in [0.4, 0.5) is 11.4 Å². The second-order valence-electron chi connectivity index (χ2n) is 2.45. The van der Waals surface area contributed by atoms with Crippen molar-refractivity contribution in [2.45, 2.75) is 20.8 Å². The molecule has 0 aromatic heterocycles. The van der Waals surface area contributed by atoms with E-state index in [4.69, 9.17) is 11.6 Å². The molecule has 0 aliphatic heterocycles. The van der Waals surface area contributed by atoms with Gasteiger partial charge in [-0.1, -0.05) is 25.4 Å². The standard InChI is InChI=1S/C8H9ClN2O2.C2H6/c1-2-10-7-5-6(9)3-4-8(7)11(12)13;1-2/h3-5,10H,2H2,1H3;1-2H3. The summed E-state index contributed by atoms with van der Waals surface area (Å²) in [6, 6.07) is 4.43. The van der Waals surface area contributed by atoms with E-state index in [0.29, 0.717) is 17.3 Å². The van der Waals surface area contributed by atoms with Gasteiger partial charge in [-0.2, -0.15) is 0 Å². The zero-order chi connectivity index (χ0) is 11.8. The lowest BCUT2D eigenvalue weighted by Crippen LogP contribution is -2.00. The Hall–Kier alpha value is -1.29. The van der Waals surface area contributed by atoms with E-state index in [9.17, 15) is 10.1 Å². The molecule has 0 radical (unpaired) electrons. The Morgan fingerprint density at radius 3 is 2.53 bits per heavy atom. The summed E-state index contributed by atoms with van der Waals surface area (Å²) in [6.45, 7) is 6.49. The molecule has 0 unspecified atom stereocenters. The molecule has 1 aromatic rings. The van der Waals surface area contributed by atoms with Crippen molar-refractivity contribution in [1.82, 2.24) is 0 Å². The molecule has 1 N–H and O–H groups in total. The van der Waals surface area contributed by atoms with Crippen LogP contribution in [0.2, 0.25) is 5.02 Å². The van der Waals surface area contributed by atoms with Gasteiger partial charge < -0.3 is 5.32 Å². The smallest absolute Gasteiger partial charge is 0.292 e. The van der Waals surface area contributed by atoms with Gasteiger partial charge in [-0.25, -0.2) is 0 Å². The van der Waals surface area contributed by atoms with Crippen molar-refractivity contribution in [2.24, 2.45) is 0 Å². The molecule has 0 saturated heterocycles. The number of hydrogen-bond acceptors (Lipinski definition) is 3. The van der Waals surface area contributed by atoms with Crippen molar-refractivity contribution < 1.29 is 4.92 Å². The second kappa shape index (κ2) is 7.06. The molecule has 0 spiro atoms. The zero-order valence-electron chi connectivity index (χ0n) is 9.08. The first-order valence-corrected chi connectivity index (χ1v) is 5.20. The molecular formula is C10H15ClN2O2. The zero-order valence-corrected chi connectivity index (χ0v) is 9.84. The first-order valence-electron chi connectivity index (χ1n) is 4.83. The van der Waals surface area contributed by atoms with Gasteiger partial charge in [0.25, 0.3) is 5.69 Å². The molecule has 84 valence electrons. The summed E-state index contributed by atoms with van der Waals surface area (Å²) >= 11 is 5.69. The topological polar surface area (TPSA) is 55.2 Å². The molecule has 0 fully saturated rings. The maximum absolute atomic E-state index is 10.5. The van der Waals surface area contributed by atoms with Crippen LogP contribution in [0, 0.1) is 10.1 Å². The third kappa shape index (κ3) is 4.16. The van der Waals surface area contributed by atoms with Gasteiger partial charge in [0.15, 0.2) is 0 Å². The van der Waals surface area contributed by atoms with Crippen molar-refractivity contribution in [2.75, 3.05) is 11.9 Å². The quantitative estimate of drug-likeness (QED) is 0.636. The lowest BCUT2D eigenvalue weighted by molar-refractivity contribution is -0.384. The number of hydrogen-bond donors (Lipinski definition) is 1. The van der Waals surface area contributed by atoms with Crippen LogP contribution >= 0.6 is 11.6 Å². The Balaban J connectivity index is 0.000000921. The minimum Gasteiger partial charge on any atom is -0.380 e. The van der Waals surface area contributed by atoms with Crippen LogP contribution < -0.4 is 5.32 Å². The highest BCUT2D eigenvalue weighted by molar-refractivity contribution is 6.31. The normalized spacial score (nSPS) is 8.80. The van der Waals surface area contributed by atoms with E-state index < -0.39 is 4.92 Å². The number of benzene rings is 1. The molecule has 1 aromatic carbocycles. The SMILES string of the molecule is CC.CCNc1cc(Cl)ccc1[N+](=O)[O-]. The number of nitro benzene ring substituents is 1. The Morgan fingerprint density at radius 2 is 2.07 bits per heavy atom. The van der Waals surface area contributed by atoms with Gasteiger partial charge in [0, 0.05) is 17.6 Å². The number of halogens is 1. The van der Waals surface area contributed by atoms with Gasteiger partial charge >= 0.3 is 0 Å². The third-order valence-corrected chi connectivity index (χ3v) is 1.76. The molecular weight excluding hydrogens is 216 g/mol. The number of nitrogens with one attached hydrogen (secondary N) is 1. The summed E-state index contributed by atoms with van der Waals surface area (Å²) < 4.78 is 0. The molecule has 4 nitrogen and oxygen atoms in total. The van der Waals surface area contributed by atoms with Crippen LogP contribution in [0.5, 0.6) is 0 Å².